The molecule has 15 heteroatoms. The van der Waals surface area contributed by atoms with Gasteiger partial charge in [0, 0.05) is 55.9 Å². The van der Waals surface area contributed by atoms with Crippen molar-refractivity contribution >= 4 is 46.7 Å². The molecule has 0 radical (unpaired) electrons. The molecule has 4 aliphatic rings. The number of carbonyl (C=O) groups excluding carboxylic acids is 4. The van der Waals surface area contributed by atoms with E-state index in [0.29, 0.717) is 35.3 Å². The minimum atomic E-state index is -1.02. The third-order valence-electron chi connectivity index (χ3n) is 12.7. The van der Waals surface area contributed by atoms with Gasteiger partial charge >= 0.3 is 0 Å². The van der Waals surface area contributed by atoms with Crippen molar-refractivity contribution in [3.05, 3.63) is 90.3 Å². The molecule has 0 saturated carbocycles. The molecule has 0 spiro atoms. The van der Waals surface area contributed by atoms with Gasteiger partial charge in [-0.2, -0.15) is 5.10 Å². The Morgan fingerprint density at radius 1 is 0.883 bits per heavy atom. The van der Waals surface area contributed by atoms with Crippen molar-refractivity contribution in [1.29, 1.82) is 0 Å². The maximum Gasteiger partial charge on any atom is 0.262 e. The van der Waals surface area contributed by atoms with E-state index in [2.05, 4.69) is 34.7 Å². The number of piperidine rings is 2. The van der Waals surface area contributed by atoms with Crippen molar-refractivity contribution in [3.8, 4) is 22.8 Å². The molecule has 6 heterocycles. The van der Waals surface area contributed by atoms with Crippen LogP contribution in [0.4, 0.5) is 11.5 Å². The Bertz CT molecular complexity index is 2380. The summed E-state index contributed by atoms with van der Waals surface area (Å²) in [6.07, 6.45) is 6.92. The lowest BCUT2D eigenvalue weighted by Crippen LogP contribution is -2.54. The summed E-state index contributed by atoms with van der Waals surface area (Å²) in [6.45, 7) is 8.82. The molecule has 2 aromatic heterocycles. The van der Waals surface area contributed by atoms with Crippen molar-refractivity contribution in [2.75, 3.05) is 56.4 Å². The number of hydrogen-bond acceptors (Lipinski definition) is 12. The second-order valence-electron chi connectivity index (χ2n) is 16.4. The molecular weight excluding hydrogens is 761 g/mol. The first-order valence-corrected chi connectivity index (χ1v) is 21.1. The summed E-state index contributed by atoms with van der Waals surface area (Å²) in [5.41, 5.74) is 10.4. The lowest BCUT2D eigenvalue weighted by atomic mass is 9.94. The molecule has 1 atom stereocenters. The average Bonchev–Trinajstić information content (AvgIpc) is 3.77. The summed E-state index contributed by atoms with van der Waals surface area (Å²) in [4.78, 5) is 67.6. The van der Waals surface area contributed by atoms with Gasteiger partial charge in [0.2, 0.25) is 12.3 Å². The molecule has 3 aromatic carbocycles. The molecule has 0 bridgehead atoms. The lowest BCUT2D eigenvalue weighted by molar-refractivity contribution is -0.128. The van der Waals surface area contributed by atoms with Crippen LogP contribution in [-0.4, -0.2) is 116 Å². The van der Waals surface area contributed by atoms with Gasteiger partial charge in [-0.05, 0) is 99.8 Å². The fourth-order valence-electron chi connectivity index (χ4n) is 9.51. The normalized spacial score (nSPS) is 18.8. The number of amides is 4. The fourth-order valence-corrected chi connectivity index (χ4v) is 9.51. The number of anilines is 2. The van der Waals surface area contributed by atoms with E-state index < -0.39 is 23.8 Å². The highest BCUT2D eigenvalue weighted by Crippen LogP contribution is 2.37. The average molecular weight is 811 g/mol. The summed E-state index contributed by atoms with van der Waals surface area (Å²) >= 11 is 0. The summed E-state index contributed by atoms with van der Waals surface area (Å²) in [6, 6.07) is 22.7. The second kappa shape index (κ2) is 16.8. The minimum absolute atomic E-state index is 0.213. The number of nitrogens with one attached hydrogen (secondary N) is 1. The number of fused-ring (bicyclic) bond motifs is 2. The van der Waals surface area contributed by atoms with Crippen LogP contribution < -0.4 is 20.7 Å². The van der Waals surface area contributed by atoms with Crippen molar-refractivity contribution in [1.82, 2.24) is 39.8 Å². The first-order chi connectivity index (χ1) is 29.3. The van der Waals surface area contributed by atoms with Crippen LogP contribution in [0.25, 0.3) is 22.3 Å². The fraction of sp³-hybridized carbons (Fsp3) is 0.400. The third kappa shape index (κ3) is 7.58. The van der Waals surface area contributed by atoms with Crippen molar-refractivity contribution in [2.24, 2.45) is 5.92 Å². The standard InChI is InChI=1S/C45H50N10O5/c1-2-6-38(43(57)49-28-56)54-44(58)36-14-11-33(23-37(36)45(54)59)53-25-29(26-53)24-51-19-15-31(16-20-51)52-21-17-32(18-22-52)55-42-39(41(46)47-27-48-42)40(50-55)30-9-12-35(13-10-30)60-34-7-4-3-5-8-34/h3-5,7-14,23,27-29,31-32,38H,2,6,15-22,24-26H2,1H3,(H2,46,47,48)(H,49,56,57). The molecular formula is C45H50N10O5. The van der Waals surface area contributed by atoms with Crippen LogP contribution in [0.3, 0.4) is 0 Å². The Balaban J connectivity index is 0.761. The molecule has 310 valence electrons. The summed E-state index contributed by atoms with van der Waals surface area (Å²) in [5, 5.41) is 8.02. The highest BCUT2D eigenvalue weighted by molar-refractivity contribution is 6.23. The minimum Gasteiger partial charge on any atom is -0.457 e. The number of benzene rings is 3. The largest absolute Gasteiger partial charge is 0.457 e. The predicted octanol–water partition coefficient (Wildman–Crippen LogP) is 5.14. The monoisotopic (exact) mass is 810 g/mol. The van der Waals surface area contributed by atoms with E-state index in [1.54, 1.807) is 12.1 Å². The molecule has 4 amide bonds. The van der Waals surface area contributed by atoms with Gasteiger partial charge in [0.15, 0.2) is 5.65 Å². The molecule has 4 aliphatic heterocycles. The van der Waals surface area contributed by atoms with Crippen LogP contribution in [-0.2, 0) is 9.59 Å². The Labute approximate surface area is 348 Å². The van der Waals surface area contributed by atoms with Gasteiger partial charge in [-0.1, -0.05) is 31.5 Å². The molecule has 3 N–H and O–H groups in total. The topological polar surface area (TPSA) is 172 Å². The van der Waals surface area contributed by atoms with Crippen molar-refractivity contribution in [2.45, 2.75) is 63.6 Å². The Morgan fingerprint density at radius 2 is 1.58 bits per heavy atom. The van der Waals surface area contributed by atoms with Gasteiger partial charge in [0.25, 0.3) is 11.8 Å². The second-order valence-corrected chi connectivity index (χ2v) is 16.4. The summed E-state index contributed by atoms with van der Waals surface area (Å²) < 4.78 is 8.09. The number of nitrogen functional groups attached to an aromatic ring is 1. The first kappa shape index (κ1) is 39.3. The van der Waals surface area contributed by atoms with Crippen LogP contribution in [0.5, 0.6) is 11.5 Å². The molecule has 3 fully saturated rings. The number of hydrogen-bond donors (Lipinski definition) is 2. The number of ether oxygens (including phenoxy) is 1. The molecule has 3 saturated heterocycles. The Morgan fingerprint density at radius 3 is 2.30 bits per heavy atom. The number of nitrogens with two attached hydrogens (primary N) is 1. The van der Waals surface area contributed by atoms with Crippen LogP contribution in [0.1, 0.15) is 72.2 Å². The van der Waals surface area contributed by atoms with Crippen LogP contribution in [0.15, 0.2) is 79.1 Å². The maximum atomic E-state index is 13.4. The zero-order valence-corrected chi connectivity index (χ0v) is 33.8. The number of aromatic nitrogens is 4. The van der Waals surface area contributed by atoms with Crippen LogP contribution in [0.2, 0.25) is 0 Å². The third-order valence-corrected chi connectivity index (χ3v) is 12.7. The van der Waals surface area contributed by atoms with E-state index in [1.165, 1.54) is 6.33 Å². The zero-order valence-electron chi connectivity index (χ0n) is 33.8. The van der Waals surface area contributed by atoms with E-state index in [4.69, 9.17) is 15.6 Å². The Hall–Kier alpha value is -6.19. The summed E-state index contributed by atoms with van der Waals surface area (Å²) in [7, 11) is 0. The molecule has 9 rings (SSSR count). The van der Waals surface area contributed by atoms with Crippen LogP contribution in [0, 0.1) is 5.92 Å². The van der Waals surface area contributed by atoms with E-state index in [9.17, 15) is 19.2 Å². The van der Waals surface area contributed by atoms with Crippen molar-refractivity contribution in [3.63, 3.8) is 0 Å². The van der Waals surface area contributed by atoms with Gasteiger partial charge in [-0.25, -0.2) is 14.6 Å². The quantitative estimate of drug-likeness (QED) is 0.119. The van der Waals surface area contributed by atoms with E-state index >= 15 is 0 Å². The van der Waals surface area contributed by atoms with E-state index in [1.807, 2.05) is 67.6 Å². The number of para-hydroxylation sites is 1. The predicted molar refractivity (Wildman–Crippen MR) is 227 cm³/mol. The van der Waals surface area contributed by atoms with E-state index in [-0.39, 0.29) is 18.9 Å². The highest BCUT2D eigenvalue weighted by atomic mass is 16.5. The highest BCUT2D eigenvalue weighted by Gasteiger charge is 2.43. The van der Waals surface area contributed by atoms with Crippen LogP contribution >= 0.6 is 0 Å². The SMILES string of the molecule is CCCC(C(=O)NC=O)N1C(=O)c2ccc(N3CC(CN4CCC(N5CCC(n6nc(-c7ccc(Oc8ccccc8)cc7)c7c(N)ncnc76)CC5)CC4)C3)cc2C1=O. The molecule has 60 heavy (non-hydrogen) atoms. The number of nitrogens with zero attached hydrogens (tertiary/aromatic N) is 8. The number of imide groups is 2. The van der Waals surface area contributed by atoms with Gasteiger partial charge in [0.1, 0.15) is 35.4 Å². The van der Waals surface area contributed by atoms with Gasteiger partial charge in [-0.3, -0.25) is 29.4 Å². The lowest BCUT2D eigenvalue weighted by Gasteiger charge is -2.46. The molecule has 1 unspecified atom stereocenters. The molecule has 5 aromatic rings. The number of carbonyl (C=O) groups is 4. The first-order valence-electron chi connectivity index (χ1n) is 21.1. The van der Waals surface area contributed by atoms with Gasteiger partial charge in [-0.15, -0.1) is 0 Å². The zero-order chi connectivity index (χ0) is 41.3. The Kier molecular flexibility index (Phi) is 11.0. The number of rotatable bonds is 13. The maximum absolute atomic E-state index is 13.4. The molecule has 15 nitrogen and oxygen atoms in total. The van der Waals surface area contributed by atoms with Gasteiger partial charge in [0.05, 0.1) is 22.6 Å². The number of likely N-dealkylation sites (tertiary alicyclic amines) is 2. The summed E-state index contributed by atoms with van der Waals surface area (Å²) in [5.74, 6) is 0.843. The van der Waals surface area contributed by atoms with Gasteiger partial charge < -0.3 is 25.2 Å². The molecule has 0 aliphatic carbocycles. The smallest absolute Gasteiger partial charge is 0.262 e. The van der Waals surface area contributed by atoms with Crippen molar-refractivity contribution < 1.29 is 23.9 Å². The van der Waals surface area contributed by atoms with E-state index in [0.717, 1.165) is 116 Å².